The molecule has 1 atom stereocenters. The lowest BCUT2D eigenvalue weighted by Crippen LogP contribution is -2.19. The molecule has 2 N–H and O–H groups in total. The Bertz CT molecular complexity index is 255. The van der Waals surface area contributed by atoms with Crippen molar-refractivity contribution in [3.63, 3.8) is 0 Å². The summed E-state index contributed by atoms with van der Waals surface area (Å²) in [5, 5.41) is 0. The highest BCUT2D eigenvalue weighted by Gasteiger charge is 2.02. The van der Waals surface area contributed by atoms with Gasteiger partial charge in [0.2, 0.25) is 0 Å². The van der Waals surface area contributed by atoms with Crippen LogP contribution in [0.2, 0.25) is 0 Å². The Balaban J connectivity index is 2.15. The fraction of sp³-hybridized carbons (Fsp3) is 0.667. The third-order valence-electron chi connectivity index (χ3n) is 2.45. The maximum Gasteiger partial charge on any atom is 0.00480 e. The van der Waals surface area contributed by atoms with Gasteiger partial charge in [0.1, 0.15) is 0 Å². The van der Waals surface area contributed by atoms with Gasteiger partial charge >= 0.3 is 0 Å². The van der Waals surface area contributed by atoms with Crippen molar-refractivity contribution in [2.24, 2.45) is 5.73 Å². The van der Waals surface area contributed by atoms with Gasteiger partial charge in [-0.3, -0.25) is 0 Å². The zero-order valence-corrected chi connectivity index (χ0v) is 10.1. The Hall–Kier alpha value is -0.340. The first kappa shape index (κ1) is 11.7. The topological polar surface area (TPSA) is 26.0 Å². The first-order valence-corrected chi connectivity index (χ1v) is 6.35. The summed E-state index contributed by atoms with van der Waals surface area (Å²) in [6.07, 6.45) is 5.99. The second kappa shape index (κ2) is 6.20. The fourth-order valence-electron chi connectivity index (χ4n) is 1.67. The van der Waals surface area contributed by atoms with Crippen LogP contribution < -0.4 is 5.73 Å². The van der Waals surface area contributed by atoms with Crippen LogP contribution in [0.4, 0.5) is 0 Å². The van der Waals surface area contributed by atoms with Gasteiger partial charge in [-0.25, -0.2) is 0 Å². The molecule has 0 aliphatic heterocycles. The van der Waals surface area contributed by atoms with Gasteiger partial charge in [0, 0.05) is 15.8 Å². The van der Waals surface area contributed by atoms with E-state index in [0.717, 1.165) is 0 Å². The summed E-state index contributed by atoms with van der Waals surface area (Å²) >= 11 is 1.91. The quantitative estimate of drug-likeness (QED) is 0.765. The van der Waals surface area contributed by atoms with E-state index in [4.69, 9.17) is 5.73 Å². The van der Waals surface area contributed by atoms with Crippen molar-refractivity contribution in [1.29, 1.82) is 0 Å². The Labute approximate surface area is 91.3 Å². The van der Waals surface area contributed by atoms with Crippen LogP contribution in [0.1, 0.15) is 42.4 Å². The van der Waals surface area contributed by atoms with Crippen LogP contribution in [-0.2, 0) is 6.42 Å². The number of thiophene rings is 1. The summed E-state index contributed by atoms with van der Waals surface area (Å²) < 4.78 is 0. The molecule has 0 bridgehead atoms. The summed E-state index contributed by atoms with van der Waals surface area (Å²) in [7, 11) is 0. The lowest BCUT2D eigenvalue weighted by Gasteiger charge is -2.08. The molecule has 1 nitrogen and oxygen atoms in total. The third kappa shape index (κ3) is 4.25. The smallest absolute Gasteiger partial charge is 0.00480 e. The lowest BCUT2D eigenvalue weighted by molar-refractivity contribution is 0.540. The van der Waals surface area contributed by atoms with Crippen LogP contribution in [-0.4, -0.2) is 6.04 Å². The predicted octanol–water partition coefficient (Wildman–Crippen LogP) is 3.51. The minimum absolute atomic E-state index is 0.418. The summed E-state index contributed by atoms with van der Waals surface area (Å²) in [4.78, 5) is 2.92. The van der Waals surface area contributed by atoms with E-state index in [9.17, 15) is 0 Å². The van der Waals surface area contributed by atoms with Crippen LogP contribution in [0, 0.1) is 6.92 Å². The molecule has 0 saturated carbocycles. The Morgan fingerprint density at radius 1 is 1.36 bits per heavy atom. The van der Waals surface area contributed by atoms with Gasteiger partial charge in [0.25, 0.3) is 0 Å². The van der Waals surface area contributed by atoms with Crippen molar-refractivity contribution in [2.75, 3.05) is 0 Å². The number of aryl methyl sites for hydroxylation is 2. The van der Waals surface area contributed by atoms with Crippen LogP contribution in [0.3, 0.4) is 0 Å². The SMILES string of the molecule is CCCC(N)CCCc1ccc(C)s1. The largest absolute Gasteiger partial charge is 0.328 e. The molecule has 0 amide bonds. The molecule has 0 spiro atoms. The number of hydrogen-bond donors (Lipinski definition) is 1. The van der Waals surface area contributed by atoms with Crippen molar-refractivity contribution >= 4 is 11.3 Å². The molecular weight excluding hydrogens is 190 g/mol. The molecule has 0 aliphatic carbocycles. The van der Waals surface area contributed by atoms with Gasteiger partial charge in [0.15, 0.2) is 0 Å². The molecule has 0 saturated heterocycles. The molecular formula is C12H21NS. The monoisotopic (exact) mass is 211 g/mol. The summed E-state index contributed by atoms with van der Waals surface area (Å²) in [6.45, 7) is 4.36. The first-order chi connectivity index (χ1) is 6.72. The van der Waals surface area contributed by atoms with Gasteiger partial charge in [0.05, 0.1) is 0 Å². The normalized spacial score (nSPS) is 13.1. The van der Waals surface area contributed by atoms with E-state index in [2.05, 4.69) is 26.0 Å². The standard InChI is InChI=1S/C12H21NS/c1-3-5-11(13)6-4-7-12-9-8-10(2)14-12/h8-9,11H,3-7,13H2,1-2H3. The van der Waals surface area contributed by atoms with Gasteiger partial charge in [-0.1, -0.05) is 13.3 Å². The molecule has 1 unspecified atom stereocenters. The molecule has 2 heteroatoms. The molecule has 1 heterocycles. The average molecular weight is 211 g/mol. The summed E-state index contributed by atoms with van der Waals surface area (Å²) in [5.41, 5.74) is 5.96. The highest BCUT2D eigenvalue weighted by Crippen LogP contribution is 2.17. The zero-order chi connectivity index (χ0) is 10.4. The average Bonchev–Trinajstić information content (AvgIpc) is 2.52. The Morgan fingerprint density at radius 2 is 2.14 bits per heavy atom. The molecule has 0 fully saturated rings. The van der Waals surface area contributed by atoms with Crippen LogP contribution in [0.25, 0.3) is 0 Å². The van der Waals surface area contributed by atoms with E-state index in [0.29, 0.717) is 6.04 Å². The van der Waals surface area contributed by atoms with E-state index in [1.807, 2.05) is 11.3 Å². The second-order valence-electron chi connectivity index (χ2n) is 3.95. The van der Waals surface area contributed by atoms with Crippen LogP contribution in [0.5, 0.6) is 0 Å². The van der Waals surface area contributed by atoms with E-state index in [-0.39, 0.29) is 0 Å². The predicted molar refractivity (Wildman–Crippen MR) is 64.9 cm³/mol. The number of hydrogen-bond acceptors (Lipinski definition) is 2. The molecule has 0 radical (unpaired) electrons. The van der Waals surface area contributed by atoms with Gasteiger partial charge in [-0.15, -0.1) is 11.3 Å². The maximum atomic E-state index is 5.96. The van der Waals surface area contributed by atoms with Crippen molar-refractivity contribution in [3.8, 4) is 0 Å². The third-order valence-corrected chi connectivity index (χ3v) is 3.51. The minimum atomic E-state index is 0.418. The summed E-state index contributed by atoms with van der Waals surface area (Å²) in [5.74, 6) is 0. The Kier molecular flexibility index (Phi) is 5.20. The highest BCUT2D eigenvalue weighted by molar-refractivity contribution is 7.11. The van der Waals surface area contributed by atoms with E-state index in [1.54, 1.807) is 0 Å². The maximum absolute atomic E-state index is 5.96. The first-order valence-electron chi connectivity index (χ1n) is 5.53. The van der Waals surface area contributed by atoms with Crippen LogP contribution in [0.15, 0.2) is 12.1 Å². The summed E-state index contributed by atoms with van der Waals surface area (Å²) in [6, 6.07) is 4.86. The van der Waals surface area contributed by atoms with Gasteiger partial charge < -0.3 is 5.73 Å². The van der Waals surface area contributed by atoms with Crippen molar-refractivity contribution < 1.29 is 0 Å². The zero-order valence-electron chi connectivity index (χ0n) is 9.25. The second-order valence-corrected chi connectivity index (χ2v) is 5.33. The number of rotatable bonds is 6. The molecule has 1 aromatic rings. The molecule has 14 heavy (non-hydrogen) atoms. The Morgan fingerprint density at radius 3 is 2.71 bits per heavy atom. The van der Waals surface area contributed by atoms with Crippen molar-refractivity contribution in [1.82, 2.24) is 0 Å². The van der Waals surface area contributed by atoms with E-state index in [1.165, 1.54) is 41.9 Å². The van der Waals surface area contributed by atoms with E-state index >= 15 is 0 Å². The molecule has 0 aliphatic rings. The molecule has 80 valence electrons. The molecule has 1 rings (SSSR count). The van der Waals surface area contributed by atoms with Gasteiger partial charge in [-0.2, -0.15) is 0 Å². The van der Waals surface area contributed by atoms with Gasteiger partial charge in [-0.05, 0) is 44.7 Å². The molecule has 0 aromatic carbocycles. The lowest BCUT2D eigenvalue weighted by atomic mass is 10.1. The van der Waals surface area contributed by atoms with E-state index < -0.39 is 0 Å². The van der Waals surface area contributed by atoms with Crippen molar-refractivity contribution in [2.45, 2.75) is 52.0 Å². The van der Waals surface area contributed by atoms with Crippen LogP contribution >= 0.6 is 11.3 Å². The molecule has 1 aromatic heterocycles. The minimum Gasteiger partial charge on any atom is -0.328 e. The fourth-order valence-corrected chi connectivity index (χ4v) is 2.61. The highest BCUT2D eigenvalue weighted by atomic mass is 32.1. The number of nitrogens with two attached hydrogens (primary N) is 1. The van der Waals surface area contributed by atoms with Crippen molar-refractivity contribution in [3.05, 3.63) is 21.9 Å².